The smallest absolute Gasteiger partial charge is 0.184 e. The second-order valence-electron chi connectivity index (χ2n) is 5.21. The highest BCUT2D eigenvalue weighted by molar-refractivity contribution is 4.76. The van der Waals surface area contributed by atoms with E-state index in [2.05, 4.69) is 13.8 Å². The Balaban J connectivity index is 1.60. The van der Waals surface area contributed by atoms with Gasteiger partial charge < -0.3 is 18.9 Å². The van der Waals surface area contributed by atoms with Gasteiger partial charge in [0.25, 0.3) is 0 Å². The molecule has 0 radical (unpaired) electrons. The maximum absolute atomic E-state index is 5.57. The van der Waals surface area contributed by atoms with Crippen molar-refractivity contribution in [3.8, 4) is 0 Å². The molecule has 88 valence electrons. The summed E-state index contributed by atoms with van der Waals surface area (Å²) in [5.41, 5.74) is 0.0112. The summed E-state index contributed by atoms with van der Waals surface area (Å²) in [7, 11) is 0. The van der Waals surface area contributed by atoms with Crippen LogP contribution in [0.25, 0.3) is 0 Å². The summed E-state index contributed by atoms with van der Waals surface area (Å²) >= 11 is 0. The SMILES string of the molecule is CC1OC1OCC(C)(C)COC1OC1C. The van der Waals surface area contributed by atoms with Crippen LogP contribution < -0.4 is 0 Å². The van der Waals surface area contributed by atoms with E-state index in [0.29, 0.717) is 13.2 Å². The first-order valence-corrected chi connectivity index (χ1v) is 5.52. The lowest BCUT2D eigenvalue weighted by molar-refractivity contribution is -0.0531. The molecule has 0 aromatic carbocycles. The van der Waals surface area contributed by atoms with Crippen LogP contribution in [0.5, 0.6) is 0 Å². The minimum atomic E-state index is 0.000346. The molecule has 0 aromatic heterocycles. The van der Waals surface area contributed by atoms with Crippen LogP contribution in [0.15, 0.2) is 0 Å². The van der Waals surface area contributed by atoms with Crippen LogP contribution in [0.3, 0.4) is 0 Å². The average molecular weight is 216 g/mol. The van der Waals surface area contributed by atoms with Crippen LogP contribution in [-0.4, -0.2) is 38.0 Å². The van der Waals surface area contributed by atoms with Crippen LogP contribution in [0.1, 0.15) is 27.7 Å². The van der Waals surface area contributed by atoms with E-state index >= 15 is 0 Å². The van der Waals surface area contributed by atoms with Crippen LogP contribution in [0.4, 0.5) is 0 Å². The third kappa shape index (κ3) is 3.41. The molecule has 0 bridgehead atoms. The molecule has 0 amide bonds. The number of ether oxygens (including phenoxy) is 4. The molecule has 4 unspecified atom stereocenters. The Labute approximate surface area is 90.8 Å². The number of hydrogen-bond donors (Lipinski definition) is 0. The van der Waals surface area contributed by atoms with E-state index in [4.69, 9.17) is 18.9 Å². The maximum Gasteiger partial charge on any atom is 0.184 e. The standard InChI is InChI=1S/C11H20O4/c1-7-9(14-7)12-5-11(3,4)6-13-10-8(2)15-10/h7-10H,5-6H2,1-4H3. The van der Waals surface area contributed by atoms with Crippen molar-refractivity contribution >= 4 is 0 Å². The molecule has 2 aliphatic rings. The third-order valence-corrected chi connectivity index (χ3v) is 2.59. The summed E-state index contributed by atoms with van der Waals surface area (Å²) in [6.45, 7) is 9.56. The van der Waals surface area contributed by atoms with Crippen LogP contribution in [0.2, 0.25) is 0 Å². The van der Waals surface area contributed by atoms with Crippen molar-refractivity contribution in [2.45, 2.75) is 52.5 Å². The molecule has 15 heavy (non-hydrogen) atoms. The van der Waals surface area contributed by atoms with E-state index in [-0.39, 0.29) is 30.2 Å². The van der Waals surface area contributed by atoms with Crippen molar-refractivity contribution in [2.24, 2.45) is 5.41 Å². The molecule has 4 nitrogen and oxygen atoms in total. The fraction of sp³-hybridized carbons (Fsp3) is 1.00. The van der Waals surface area contributed by atoms with Gasteiger partial charge in [0.15, 0.2) is 12.6 Å². The van der Waals surface area contributed by atoms with Crippen molar-refractivity contribution in [3.05, 3.63) is 0 Å². The Morgan fingerprint density at radius 1 is 0.933 bits per heavy atom. The molecule has 2 fully saturated rings. The van der Waals surface area contributed by atoms with Gasteiger partial charge in [0, 0.05) is 5.41 Å². The molecule has 0 N–H and O–H groups in total. The second-order valence-corrected chi connectivity index (χ2v) is 5.21. The highest BCUT2D eigenvalue weighted by atomic mass is 16.8. The highest BCUT2D eigenvalue weighted by Crippen LogP contribution is 2.28. The monoisotopic (exact) mass is 216 g/mol. The molecule has 0 saturated carbocycles. The topological polar surface area (TPSA) is 43.5 Å². The van der Waals surface area contributed by atoms with Gasteiger partial charge in [-0.25, -0.2) is 0 Å². The van der Waals surface area contributed by atoms with Gasteiger partial charge >= 0.3 is 0 Å². The predicted molar refractivity (Wildman–Crippen MR) is 54.4 cm³/mol. The zero-order chi connectivity index (χ0) is 11.1. The van der Waals surface area contributed by atoms with Crippen molar-refractivity contribution in [1.29, 1.82) is 0 Å². The summed E-state index contributed by atoms with van der Waals surface area (Å²) < 4.78 is 21.5. The average Bonchev–Trinajstić information content (AvgIpc) is 3.01. The first-order valence-electron chi connectivity index (χ1n) is 5.52. The van der Waals surface area contributed by atoms with Gasteiger partial charge in [0.1, 0.15) is 12.2 Å². The molecule has 0 spiro atoms. The van der Waals surface area contributed by atoms with E-state index in [1.807, 2.05) is 13.8 Å². The molecule has 2 rings (SSSR count). The van der Waals surface area contributed by atoms with Gasteiger partial charge in [-0.3, -0.25) is 0 Å². The zero-order valence-electron chi connectivity index (χ0n) is 9.86. The van der Waals surface area contributed by atoms with Crippen molar-refractivity contribution in [1.82, 2.24) is 0 Å². The molecular formula is C11H20O4. The van der Waals surface area contributed by atoms with E-state index in [0.717, 1.165) is 0 Å². The van der Waals surface area contributed by atoms with Gasteiger partial charge in [-0.2, -0.15) is 0 Å². The van der Waals surface area contributed by atoms with E-state index in [1.165, 1.54) is 0 Å². The molecule has 2 saturated heterocycles. The van der Waals surface area contributed by atoms with Crippen molar-refractivity contribution in [3.63, 3.8) is 0 Å². The first-order chi connectivity index (χ1) is 6.98. The molecule has 2 aliphatic heterocycles. The number of epoxide rings is 2. The Bertz CT molecular complexity index is 207. The Morgan fingerprint density at radius 2 is 1.27 bits per heavy atom. The van der Waals surface area contributed by atoms with Gasteiger partial charge in [-0.1, -0.05) is 13.8 Å². The number of hydrogen-bond acceptors (Lipinski definition) is 4. The lowest BCUT2D eigenvalue weighted by Crippen LogP contribution is -2.27. The number of rotatable bonds is 6. The zero-order valence-corrected chi connectivity index (χ0v) is 9.86. The molecule has 0 aromatic rings. The van der Waals surface area contributed by atoms with Crippen LogP contribution in [-0.2, 0) is 18.9 Å². The quantitative estimate of drug-likeness (QED) is 0.632. The lowest BCUT2D eigenvalue weighted by Gasteiger charge is -2.23. The summed E-state index contributed by atoms with van der Waals surface area (Å²) in [6.07, 6.45) is 0.516. The maximum atomic E-state index is 5.57. The van der Waals surface area contributed by atoms with Gasteiger partial charge in [-0.15, -0.1) is 0 Å². The van der Waals surface area contributed by atoms with E-state index < -0.39 is 0 Å². The van der Waals surface area contributed by atoms with Crippen LogP contribution in [0, 0.1) is 5.41 Å². The minimum Gasteiger partial charge on any atom is -0.349 e. The van der Waals surface area contributed by atoms with E-state index in [1.54, 1.807) is 0 Å². The minimum absolute atomic E-state index is 0.000346. The Morgan fingerprint density at radius 3 is 1.53 bits per heavy atom. The second kappa shape index (κ2) is 4.01. The van der Waals surface area contributed by atoms with Gasteiger partial charge in [-0.05, 0) is 13.8 Å². The molecule has 0 aliphatic carbocycles. The first kappa shape index (κ1) is 11.3. The normalized spacial score (nSPS) is 39.2. The van der Waals surface area contributed by atoms with Crippen LogP contribution >= 0.6 is 0 Å². The van der Waals surface area contributed by atoms with Gasteiger partial charge in [0.2, 0.25) is 0 Å². The predicted octanol–water partition coefficient (Wildman–Crippen LogP) is 1.54. The molecule has 4 atom stereocenters. The summed E-state index contributed by atoms with van der Waals surface area (Å²) in [4.78, 5) is 0. The fourth-order valence-corrected chi connectivity index (χ4v) is 1.34. The fourth-order valence-electron chi connectivity index (χ4n) is 1.34. The Hall–Kier alpha value is -0.160. The largest absolute Gasteiger partial charge is 0.349 e. The summed E-state index contributed by atoms with van der Waals surface area (Å²) in [5, 5.41) is 0. The summed E-state index contributed by atoms with van der Waals surface area (Å²) in [5.74, 6) is 0. The molecular weight excluding hydrogens is 196 g/mol. The van der Waals surface area contributed by atoms with E-state index in [9.17, 15) is 0 Å². The summed E-state index contributed by atoms with van der Waals surface area (Å²) in [6, 6.07) is 0. The lowest BCUT2D eigenvalue weighted by atomic mass is 9.96. The third-order valence-electron chi connectivity index (χ3n) is 2.59. The molecule has 4 heteroatoms. The van der Waals surface area contributed by atoms with Crippen molar-refractivity contribution < 1.29 is 18.9 Å². The highest BCUT2D eigenvalue weighted by Gasteiger charge is 2.39. The van der Waals surface area contributed by atoms with Gasteiger partial charge in [0.05, 0.1) is 13.2 Å². The molecule has 2 heterocycles. The Kier molecular flexibility index (Phi) is 3.03. The van der Waals surface area contributed by atoms with Crippen molar-refractivity contribution in [2.75, 3.05) is 13.2 Å².